The van der Waals surface area contributed by atoms with Gasteiger partial charge in [-0.3, -0.25) is 4.79 Å². The Morgan fingerprint density at radius 1 is 1.21 bits per heavy atom. The van der Waals surface area contributed by atoms with Crippen LogP contribution in [-0.4, -0.2) is 16.6 Å². The number of hydrogen-bond acceptors (Lipinski definition) is 4. The monoisotopic (exact) mass is 323 g/mol. The second-order valence-corrected chi connectivity index (χ2v) is 5.79. The van der Waals surface area contributed by atoms with Crippen molar-refractivity contribution in [3.8, 4) is 5.88 Å². The van der Waals surface area contributed by atoms with E-state index in [9.17, 15) is 4.79 Å². The lowest BCUT2D eigenvalue weighted by atomic mass is 10.0. The molecule has 2 N–H and O–H groups in total. The molecule has 0 bridgehead atoms. The minimum Gasteiger partial charge on any atom is -0.476 e. The highest BCUT2D eigenvalue weighted by molar-refractivity contribution is 5.80. The summed E-state index contributed by atoms with van der Waals surface area (Å²) in [6.45, 7) is 6.98. The van der Waals surface area contributed by atoms with Crippen LogP contribution in [0.25, 0.3) is 10.9 Å². The van der Waals surface area contributed by atoms with Crippen LogP contribution >= 0.6 is 0 Å². The Morgan fingerprint density at radius 2 is 2.00 bits per heavy atom. The molecule has 2 aromatic heterocycles. The number of anilines is 1. The number of benzene rings is 1. The zero-order valence-corrected chi connectivity index (χ0v) is 14.1. The highest BCUT2D eigenvalue weighted by atomic mass is 16.5. The fourth-order valence-electron chi connectivity index (χ4n) is 2.62. The molecule has 0 saturated heterocycles. The van der Waals surface area contributed by atoms with Gasteiger partial charge in [0.15, 0.2) is 0 Å². The van der Waals surface area contributed by atoms with E-state index in [1.54, 1.807) is 6.20 Å². The van der Waals surface area contributed by atoms with Crippen molar-refractivity contribution < 1.29 is 4.74 Å². The van der Waals surface area contributed by atoms with Crippen molar-refractivity contribution in [1.82, 2.24) is 9.97 Å². The van der Waals surface area contributed by atoms with Crippen LogP contribution in [-0.2, 0) is 6.54 Å². The first-order chi connectivity index (χ1) is 11.6. The van der Waals surface area contributed by atoms with Crippen molar-refractivity contribution in [2.75, 3.05) is 11.9 Å². The molecule has 3 aromatic rings. The van der Waals surface area contributed by atoms with Gasteiger partial charge in [0.25, 0.3) is 5.56 Å². The van der Waals surface area contributed by atoms with E-state index >= 15 is 0 Å². The number of pyridine rings is 2. The lowest BCUT2D eigenvalue weighted by molar-refractivity contribution is 0.328. The summed E-state index contributed by atoms with van der Waals surface area (Å²) in [4.78, 5) is 19.5. The molecule has 0 aliphatic carbocycles. The third kappa shape index (κ3) is 3.25. The van der Waals surface area contributed by atoms with Crippen LogP contribution in [0.4, 0.5) is 5.69 Å². The van der Waals surface area contributed by atoms with Crippen LogP contribution in [0.2, 0.25) is 0 Å². The number of aromatic amines is 1. The van der Waals surface area contributed by atoms with Crippen LogP contribution in [0.3, 0.4) is 0 Å². The number of aromatic nitrogens is 2. The lowest BCUT2D eigenvalue weighted by Gasteiger charge is -2.11. The summed E-state index contributed by atoms with van der Waals surface area (Å²) >= 11 is 0. The molecule has 0 spiro atoms. The summed E-state index contributed by atoms with van der Waals surface area (Å²) < 4.78 is 5.50. The topological polar surface area (TPSA) is 67.0 Å². The molecule has 124 valence electrons. The molecule has 1 aromatic carbocycles. The second-order valence-electron chi connectivity index (χ2n) is 5.79. The van der Waals surface area contributed by atoms with Gasteiger partial charge in [-0.05, 0) is 67.6 Å². The molecule has 0 unspecified atom stereocenters. The number of fused-ring (bicyclic) bond motifs is 1. The van der Waals surface area contributed by atoms with Gasteiger partial charge in [0.1, 0.15) is 0 Å². The van der Waals surface area contributed by atoms with Crippen LogP contribution in [0.15, 0.2) is 41.3 Å². The van der Waals surface area contributed by atoms with Gasteiger partial charge in [0.05, 0.1) is 12.3 Å². The first-order valence-corrected chi connectivity index (χ1v) is 8.03. The summed E-state index contributed by atoms with van der Waals surface area (Å²) in [5, 5.41) is 4.27. The Labute approximate surface area is 140 Å². The Hall–Kier alpha value is -2.82. The van der Waals surface area contributed by atoms with E-state index < -0.39 is 0 Å². The molecule has 0 atom stereocenters. The van der Waals surface area contributed by atoms with Crippen molar-refractivity contribution in [2.45, 2.75) is 27.3 Å². The first-order valence-electron chi connectivity index (χ1n) is 8.03. The molecule has 2 heterocycles. The summed E-state index contributed by atoms with van der Waals surface area (Å²) in [5.41, 5.74) is 4.61. The smallest absolute Gasteiger partial charge is 0.253 e. The van der Waals surface area contributed by atoms with Gasteiger partial charge < -0.3 is 15.0 Å². The van der Waals surface area contributed by atoms with Crippen molar-refractivity contribution in [1.29, 1.82) is 0 Å². The molecule has 3 rings (SSSR count). The molecule has 0 radical (unpaired) electrons. The fraction of sp³-hybridized carbons (Fsp3) is 0.263. The van der Waals surface area contributed by atoms with Gasteiger partial charge >= 0.3 is 0 Å². The highest BCUT2D eigenvalue weighted by Gasteiger charge is 2.07. The predicted octanol–water partition coefficient (Wildman–Crippen LogP) is 3.55. The molecule has 0 amide bonds. The van der Waals surface area contributed by atoms with Gasteiger partial charge in [-0.25, -0.2) is 4.98 Å². The maximum Gasteiger partial charge on any atom is 0.253 e. The number of hydrogen-bond donors (Lipinski definition) is 2. The number of H-pyrrole nitrogens is 1. The van der Waals surface area contributed by atoms with E-state index in [1.807, 2.05) is 38.1 Å². The molecular weight excluding hydrogens is 302 g/mol. The molecule has 0 aliphatic rings. The van der Waals surface area contributed by atoms with E-state index in [2.05, 4.69) is 28.3 Å². The standard InChI is InChI=1S/C19H21N3O2/c1-4-24-19-16(6-5-7-20-19)21-11-15-10-14-8-12(2)13(3)9-17(14)22-18(15)23/h5-10,21H,4,11H2,1-3H3,(H,22,23). The van der Waals surface area contributed by atoms with Gasteiger partial charge in [-0.15, -0.1) is 0 Å². The SMILES string of the molecule is CCOc1ncccc1NCc1cc2cc(C)c(C)cc2[nH]c1=O. The zero-order valence-electron chi connectivity index (χ0n) is 14.1. The Balaban J connectivity index is 1.89. The molecule has 0 fully saturated rings. The van der Waals surface area contributed by atoms with E-state index in [0.717, 1.165) is 16.6 Å². The maximum atomic E-state index is 12.3. The molecule has 24 heavy (non-hydrogen) atoms. The Morgan fingerprint density at radius 3 is 2.79 bits per heavy atom. The molecular formula is C19H21N3O2. The van der Waals surface area contributed by atoms with Crippen LogP contribution in [0, 0.1) is 13.8 Å². The number of nitrogens with zero attached hydrogens (tertiary/aromatic N) is 1. The molecule has 0 aliphatic heterocycles. The van der Waals surface area contributed by atoms with Crippen LogP contribution in [0.1, 0.15) is 23.6 Å². The minimum absolute atomic E-state index is 0.0832. The van der Waals surface area contributed by atoms with Gasteiger partial charge in [-0.2, -0.15) is 0 Å². The third-order valence-corrected chi connectivity index (χ3v) is 4.06. The quantitative estimate of drug-likeness (QED) is 0.753. The number of ether oxygens (including phenoxy) is 1. The van der Waals surface area contributed by atoms with Crippen LogP contribution in [0.5, 0.6) is 5.88 Å². The highest BCUT2D eigenvalue weighted by Crippen LogP contribution is 2.22. The molecule has 5 heteroatoms. The van der Waals surface area contributed by atoms with Crippen molar-refractivity contribution in [2.24, 2.45) is 0 Å². The molecule has 5 nitrogen and oxygen atoms in total. The number of rotatable bonds is 5. The largest absolute Gasteiger partial charge is 0.476 e. The van der Waals surface area contributed by atoms with Gasteiger partial charge in [0.2, 0.25) is 5.88 Å². The zero-order chi connectivity index (χ0) is 17.1. The average Bonchev–Trinajstić information content (AvgIpc) is 2.56. The Bertz CT molecular complexity index is 932. The predicted molar refractivity (Wildman–Crippen MR) is 96.8 cm³/mol. The summed E-state index contributed by atoms with van der Waals surface area (Å²) in [6, 6.07) is 9.77. The van der Waals surface area contributed by atoms with Crippen molar-refractivity contribution >= 4 is 16.6 Å². The van der Waals surface area contributed by atoms with Crippen LogP contribution < -0.4 is 15.6 Å². The minimum atomic E-state index is -0.0832. The third-order valence-electron chi connectivity index (χ3n) is 4.06. The second kappa shape index (κ2) is 6.74. The summed E-state index contributed by atoms with van der Waals surface area (Å²) in [5.74, 6) is 0.545. The maximum absolute atomic E-state index is 12.3. The fourth-order valence-corrected chi connectivity index (χ4v) is 2.62. The van der Waals surface area contributed by atoms with E-state index in [4.69, 9.17) is 4.74 Å². The van der Waals surface area contributed by atoms with E-state index in [1.165, 1.54) is 11.1 Å². The van der Waals surface area contributed by atoms with Gasteiger partial charge in [-0.1, -0.05) is 0 Å². The van der Waals surface area contributed by atoms with Gasteiger partial charge in [0, 0.05) is 23.8 Å². The van der Waals surface area contributed by atoms with E-state index in [-0.39, 0.29) is 5.56 Å². The number of aryl methyl sites for hydroxylation is 2. The molecule has 0 saturated carbocycles. The Kier molecular flexibility index (Phi) is 4.51. The summed E-state index contributed by atoms with van der Waals surface area (Å²) in [7, 11) is 0. The lowest BCUT2D eigenvalue weighted by Crippen LogP contribution is -2.16. The van der Waals surface area contributed by atoms with Crippen molar-refractivity contribution in [3.05, 3.63) is 63.6 Å². The number of nitrogens with one attached hydrogen (secondary N) is 2. The first kappa shape index (κ1) is 16.1. The average molecular weight is 323 g/mol. The van der Waals surface area contributed by atoms with Crippen molar-refractivity contribution in [3.63, 3.8) is 0 Å². The van der Waals surface area contributed by atoms with E-state index in [0.29, 0.717) is 24.6 Å². The normalized spacial score (nSPS) is 10.8. The summed E-state index contributed by atoms with van der Waals surface area (Å²) in [6.07, 6.45) is 1.68.